The van der Waals surface area contributed by atoms with E-state index in [1.165, 1.54) is 6.42 Å². The number of aliphatic carboxylic acids is 1. The smallest absolute Gasteiger partial charge is 0.315 e. The van der Waals surface area contributed by atoms with Gasteiger partial charge >= 0.3 is 12.0 Å². The fourth-order valence-electron chi connectivity index (χ4n) is 3.05. The van der Waals surface area contributed by atoms with Crippen LogP contribution in [-0.4, -0.2) is 42.4 Å². The largest absolute Gasteiger partial charge is 0.481 e. The minimum Gasteiger partial charge on any atom is -0.481 e. The third-order valence-electron chi connectivity index (χ3n) is 4.47. The van der Waals surface area contributed by atoms with Gasteiger partial charge in [0.1, 0.15) is 5.92 Å². The van der Waals surface area contributed by atoms with Crippen LogP contribution in [-0.2, 0) is 9.53 Å². The van der Waals surface area contributed by atoms with Gasteiger partial charge in [0.15, 0.2) is 0 Å². The van der Waals surface area contributed by atoms with Crippen molar-refractivity contribution in [2.45, 2.75) is 51.1 Å². The highest BCUT2D eigenvalue weighted by Crippen LogP contribution is 2.26. The summed E-state index contributed by atoms with van der Waals surface area (Å²) in [4.78, 5) is 22.9. The summed E-state index contributed by atoms with van der Waals surface area (Å²) in [7, 11) is 0. The van der Waals surface area contributed by atoms with Crippen molar-refractivity contribution in [3.63, 3.8) is 0 Å². The zero-order chi connectivity index (χ0) is 14.5. The Bertz CT molecular complexity index is 353. The van der Waals surface area contributed by atoms with Crippen LogP contribution in [0.25, 0.3) is 0 Å². The topological polar surface area (TPSA) is 87.7 Å². The summed E-state index contributed by atoms with van der Waals surface area (Å²) in [6.45, 7) is 2.64. The van der Waals surface area contributed by atoms with Gasteiger partial charge in [-0.15, -0.1) is 0 Å². The van der Waals surface area contributed by atoms with Crippen LogP contribution in [0.1, 0.15) is 39.0 Å². The second-order valence-corrected chi connectivity index (χ2v) is 5.83. The number of urea groups is 1. The van der Waals surface area contributed by atoms with Gasteiger partial charge in [-0.05, 0) is 31.6 Å². The van der Waals surface area contributed by atoms with Crippen LogP contribution < -0.4 is 10.6 Å². The van der Waals surface area contributed by atoms with Gasteiger partial charge in [0.25, 0.3) is 0 Å². The molecule has 2 rings (SSSR count). The Hall–Kier alpha value is -1.30. The number of amides is 2. The number of ether oxygens (including phenoxy) is 1. The molecule has 0 radical (unpaired) electrons. The minimum atomic E-state index is -0.920. The fraction of sp³-hybridized carbons (Fsp3) is 0.857. The first kappa shape index (κ1) is 15.1. The van der Waals surface area contributed by atoms with Crippen LogP contribution in [0.2, 0.25) is 0 Å². The molecule has 0 aromatic rings. The summed E-state index contributed by atoms with van der Waals surface area (Å²) in [5, 5.41) is 14.7. The molecule has 1 saturated heterocycles. The van der Waals surface area contributed by atoms with Crippen molar-refractivity contribution in [2.24, 2.45) is 11.8 Å². The lowest BCUT2D eigenvalue weighted by Crippen LogP contribution is -2.50. The Morgan fingerprint density at radius 3 is 2.45 bits per heavy atom. The van der Waals surface area contributed by atoms with E-state index >= 15 is 0 Å². The number of carboxylic acid groups (broad SMARTS) is 1. The van der Waals surface area contributed by atoms with Crippen LogP contribution in [0.5, 0.6) is 0 Å². The molecule has 6 nitrogen and oxygen atoms in total. The Labute approximate surface area is 119 Å². The molecule has 3 N–H and O–H groups in total. The van der Waals surface area contributed by atoms with Crippen molar-refractivity contribution in [3.8, 4) is 0 Å². The van der Waals surface area contributed by atoms with Crippen molar-refractivity contribution in [3.05, 3.63) is 0 Å². The first-order valence-electron chi connectivity index (χ1n) is 7.47. The number of carboxylic acids is 1. The molecule has 0 aromatic carbocycles. The van der Waals surface area contributed by atoms with E-state index in [-0.39, 0.29) is 25.3 Å². The van der Waals surface area contributed by atoms with Crippen LogP contribution in [0.3, 0.4) is 0 Å². The summed E-state index contributed by atoms with van der Waals surface area (Å²) < 4.78 is 5.13. The summed E-state index contributed by atoms with van der Waals surface area (Å²) in [5.41, 5.74) is 0. The Kier molecular flexibility index (Phi) is 5.23. The van der Waals surface area contributed by atoms with Gasteiger partial charge in [0.2, 0.25) is 0 Å². The Morgan fingerprint density at radius 1 is 1.15 bits per heavy atom. The number of nitrogens with one attached hydrogen (secondary N) is 2. The molecule has 6 heteroatoms. The normalized spacial score (nSPS) is 33.6. The fourth-order valence-corrected chi connectivity index (χ4v) is 3.05. The Morgan fingerprint density at radius 2 is 1.85 bits per heavy atom. The molecular formula is C14H24N2O4. The summed E-state index contributed by atoms with van der Waals surface area (Å²) in [6, 6.07) is -0.491. The molecule has 20 heavy (non-hydrogen) atoms. The second kappa shape index (κ2) is 6.92. The molecule has 1 aliphatic heterocycles. The maximum Gasteiger partial charge on any atom is 0.315 e. The van der Waals surface area contributed by atoms with Crippen molar-refractivity contribution in [1.29, 1.82) is 0 Å². The molecule has 0 bridgehead atoms. The average Bonchev–Trinajstić information content (AvgIpc) is 2.87. The monoisotopic (exact) mass is 284 g/mol. The number of hydrogen-bond donors (Lipinski definition) is 3. The lowest BCUT2D eigenvalue weighted by molar-refractivity contribution is -0.142. The zero-order valence-corrected chi connectivity index (χ0v) is 11.9. The average molecular weight is 284 g/mol. The second-order valence-electron chi connectivity index (χ2n) is 5.83. The third-order valence-corrected chi connectivity index (χ3v) is 4.47. The summed E-state index contributed by atoms with van der Waals surface area (Å²) >= 11 is 0. The number of hydrogen-bond acceptors (Lipinski definition) is 3. The van der Waals surface area contributed by atoms with Gasteiger partial charge in [0, 0.05) is 6.04 Å². The van der Waals surface area contributed by atoms with E-state index in [0.29, 0.717) is 0 Å². The van der Waals surface area contributed by atoms with Crippen LogP contribution in [0.4, 0.5) is 4.79 Å². The molecule has 2 atom stereocenters. The molecule has 2 fully saturated rings. The van der Waals surface area contributed by atoms with E-state index in [1.807, 2.05) is 0 Å². The van der Waals surface area contributed by atoms with Gasteiger partial charge < -0.3 is 20.5 Å². The molecule has 1 heterocycles. The molecule has 1 aliphatic carbocycles. The van der Waals surface area contributed by atoms with E-state index in [9.17, 15) is 9.59 Å². The molecule has 114 valence electrons. The molecule has 2 amide bonds. The van der Waals surface area contributed by atoms with Crippen molar-refractivity contribution in [1.82, 2.24) is 10.6 Å². The predicted molar refractivity (Wildman–Crippen MR) is 73.4 cm³/mol. The van der Waals surface area contributed by atoms with E-state index in [1.54, 1.807) is 0 Å². The van der Waals surface area contributed by atoms with E-state index in [0.717, 1.165) is 31.6 Å². The van der Waals surface area contributed by atoms with Crippen LogP contribution in [0, 0.1) is 11.8 Å². The van der Waals surface area contributed by atoms with Crippen molar-refractivity contribution < 1.29 is 19.4 Å². The standard InChI is InChI=1S/C14H24N2O4/c1-2-9-3-5-10(6-4-9)15-14(19)16-12-8-20-7-11(12)13(17)18/h9-12H,2-8H2,1H3,(H,17,18)(H2,15,16,19). The quantitative estimate of drug-likeness (QED) is 0.727. The number of rotatable bonds is 4. The Balaban J connectivity index is 1.74. The van der Waals surface area contributed by atoms with Gasteiger partial charge in [-0.25, -0.2) is 4.79 Å². The molecule has 0 aromatic heterocycles. The molecule has 2 aliphatic rings. The van der Waals surface area contributed by atoms with E-state index in [2.05, 4.69) is 17.6 Å². The maximum atomic E-state index is 11.9. The SMILES string of the molecule is CCC1CCC(NC(=O)NC2COCC2C(=O)O)CC1. The van der Waals surface area contributed by atoms with Crippen molar-refractivity contribution >= 4 is 12.0 Å². The minimum absolute atomic E-state index is 0.169. The first-order valence-corrected chi connectivity index (χ1v) is 7.47. The van der Waals surface area contributed by atoms with Crippen LogP contribution in [0.15, 0.2) is 0 Å². The highest BCUT2D eigenvalue weighted by atomic mass is 16.5. The summed E-state index contributed by atoms with van der Waals surface area (Å²) in [6.07, 6.45) is 5.54. The maximum absolute atomic E-state index is 11.9. The van der Waals surface area contributed by atoms with E-state index < -0.39 is 17.9 Å². The lowest BCUT2D eigenvalue weighted by atomic mass is 9.84. The van der Waals surface area contributed by atoms with Crippen molar-refractivity contribution in [2.75, 3.05) is 13.2 Å². The highest BCUT2D eigenvalue weighted by Gasteiger charge is 2.35. The van der Waals surface area contributed by atoms with Crippen LogP contribution >= 0.6 is 0 Å². The molecule has 1 saturated carbocycles. The highest BCUT2D eigenvalue weighted by molar-refractivity contribution is 5.77. The third kappa shape index (κ3) is 3.85. The van der Waals surface area contributed by atoms with E-state index in [4.69, 9.17) is 9.84 Å². The summed E-state index contributed by atoms with van der Waals surface area (Å²) in [5.74, 6) is -0.774. The molecule has 2 unspecified atom stereocenters. The molecule has 0 spiro atoms. The first-order chi connectivity index (χ1) is 9.60. The number of carbonyl (C=O) groups excluding carboxylic acids is 1. The van der Waals surface area contributed by atoms with Gasteiger partial charge in [-0.2, -0.15) is 0 Å². The lowest BCUT2D eigenvalue weighted by Gasteiger charge is -2.29. The predicted octanol–water partition coefficient (Wildman–Crippen LogP) is 1.35. The van der Waals surface area contributed by atoms with Gasteiger partial charge in [0.05, 0.1) is 19.3 Å². The number of carbonyl (C=O) groups is 2. The molecular weight excluding hydrogens is 260 g/mol. The van der Waals surface area contributed by atoms with Gasteiger partial charge in [-0.3, -0.25) is 4.79 Å². The zero-order valence-electron chi connectivity index (χ0n) is 11.9. The van der Waals surface area contributed by atoms with Gasteiger partial charge in [-0.1, -0.05) is 13.3 Å².